The molecule has 0 spiro atoms. The molecule has 16 heavy (non-hydrogen) atoms. The Bertz CT molecular complexity index is 155. The van der Waals surface area contributed by atoms with Crippen LogP contribution in [0.5, 0.6) is 0 Å². The SMILES string of the molecule is CCN(CCOCCN)CC1CCCO1.Cl. The number of nitrogens with two attached hydrogens (primary N) is 1. The Morgan fingerprint density at radius 2 is 2.25 bits per heavy atom. The molecule has 1 fully saturated rings. The van der Waals surface area contributed by atoms with E-state index in [4.69, 9.17) is 15.2 Å². The first-order valence-electron chi connectivity index (χ1n) is 5.98. The van der Waals surface area contributed by atoms with Crippen molar-refractivity contribution in [3.05, 3.63) is 0 Å². The van der Waals surface area contributed by atoms with Crippen molar-refractivity contribution in [3.63, 3.8) is 0 Å². The fraction of sp³-hybridized carbons (Fsp3) is 1.00. The summed E-state index contributed by atoms with van der Waals surface area (Å²) >= 11 is 0. The third-order valence-electron chi connectivity index (χ3n) is 2.75. The second-order valence-electron chi connectivity index (χ2n) is 3.93. The van der Waals surface area contributed by atoms with Crippen molar-refractivity contribution < 1.29 is 9.47 Å². The molecule has 2 N–H and O–H groups in total. The summed E-state index contributed by atoms with van der Waals surface area (Å²) in [6, 6.07) is 0. The fourth-order valence-corrected chi connectivity index (χ4v) is 1.83. The fourth-order valence-electron chi connectivity index (χ4n) is 1.83. The second kappa shape index (κ2) is 10.3. The Balaban J connectivity index is 0.00000225. The molecule has 1 unspecified atom stereocenters. The Morgan fingerprint density at radius 1 is 1.44 bits per heavy atom. The third-order valence-corrected chi connectivity index (χ3v) is 2.75. The molecule has 0 amide bonds. The van der Waals surface area contributed by atoms with Gasteiger partial charge in [0.1, 0.15) is 0 Å². The molecule has 0 saturated carbocycles. The van der Waals surface area contributed by atoms with Gasteiger partial charge in [0, 0.05) is 26.2 Å². The predicted octanol–water partition coefficient (Wildman–Crippen LogP) is 0.884. The Morgan fingerprint density at radius 3 is 2.81 bits per heavy atom. The highest BCUT2D eigenvalue weighted by atomic mass is 35.5. The van der Waals surface area contributed by atoms with E-state index < -0.39 is 0 Å². The minimum atomic E-state index is 0. The van der Waals surface area contributed by atoms with E-state index in [1.54, 1.807) is 0 Å². The summed E-state index contributed by atoms with van der Waals surface area (Å²) in [5, 5.41) is 0. The van der Waals surface area contributed by atoms with E-state index in [1.807, 2.05) is 0 Å². The molecule has 0 radical (unpaired) electrons. The molecule has 0 aromatic carbocycles. The predicted molar refractivity (Wildman–Crippen MR) is 68.2 cm³/mol. The molecular weight excluding hydrogens is 228 g/mol. The van der Waals surface area contributed by atoms with Gasteiger partial charge < -0.3 is 15.2 Å². The number of nitrogens with zero attached hydrogens (tertiary/aromatic N) is 1. The molecule has 98 valence electrons. The summed E-state index contributed by atoms with van der Waals surface area (Å²) in [5.41, 5.74) is 5.35. The lowest BCUT2D eigenvalue weighted by Gasteiger charge is -2.23. The van der Waals surface area contributed by atoms with Crippen molar-refractivity contribution in [1.29, 1.82) is 0 Å². The van der Waals surface area contributed by atoms with Gasteiger partial charge in [0.2, 0.25) is 0 Å². The Kier molecular flexibility index (Phi) is 10.4. The van der Waals surface area contributed by atoms with E-state index >= 15 is 0 Å². The number of hydrogen-bond acceptors (Lipinski definition) is 4. The van der Waals surface area contributed by atoms with Crippen molar-refractivity contribution in [2.75, 3.05) is 46.0 Å². The molecule has 1 aliphatic heterocycles. The molecule has 4 nitrogen and oxygen atoms in total. The Labute approximate surface area is 105 Å². The zero-order valence-electron chi connectivity index (χ0n) is 10.2. The molecule has 0 aromatic rings. The molecule has 5 heteroatoms. The average Bonchev–Trinajstić information content (AvgIpc) is 2.75. The van der Waals surface area contributed by atoms with Crippen LogP contribution in [0.15, 0.2) is 0 Å². The van der Waals surface area contributed by atoms with Crippen LogP contribution in [-0.4, -0.2) is 57.0 Å². The van der Waals surface area contributed by atoms with Crippen molar-refractivity contribution >= 4 is 12.4 Å². The van der Waals surface area contributed by atoms with Crippen LogP contribution < -0.4 is 5.73 Å². The molecule has 1 saturated heterocycles. The van der Waals surface area contributed by atoms with Crippen molar-refractivity contribution in [2.45, 2.75) is 25.9 Å². The first kappa shape index (κ1) is 16.1. The lowest BCUT2D eigenvalue weighted by atomic mass is 10.2. The van der Waals surface area contributed by atoms with Gasteiger partial charge in [-0.25, -0.2) is 0 Å². The summed E-state index contributed by atoms with van der Waals surface area (Å²) < 4.78 is 11.0. The smallest absolute Gasteiger partial charge is 0.0702 e. The minimum absolute atomic E-state index is 0. The maximum absolute atomic E-state index is 5.61. The normalized spacial score (nSPS) is 20.1. The van der Waals surface area contributed by atoms with Gasteiger partial charge in [-0.15, -0.1) is 12.4 Å². The number of halogens is 1. The van der Waals surface area contributed by atoms with E-state index in [1.165, 1.54) is 12.8 Å². The van der Waals surface area contributed by atoms with Gasteiger partial charge in [0.15, 0.2) is 0 Å². The molecule has 1 heterocycles. The van der Waals surface area contributed by atoms with E-state index in [9.17, 15) is 0 Å². The van der Waals surface area contributed by atoms with Gasteiger partial charge in [-0.2, -0.15) is 0 Å². The highest BCUT2D eigenvalue weighted by Crippen LogP contribution is 2.12. The zero-order valence-corrected chi connectivity index (χ0v) is 11.0. The molecule has 1 atom stereocenters. The molecule has 1 aliphatic rings. The highest BCUT2D eigenvalue weighted by Gasteiger charge is 2.17. The van der Waals surface area contributed by atoms with Gasteiger partial charge >= 0.3 is 0 Å². The van der Waals surface area contributed by atoms with Gasteiger partial charge in [0.05, 0.1) is 19.3 Å². The van der Waals surface area contributed by atoms with Crippen LogP contribution in [0.4, 0.5) is 0 Å². The van der Waals surface area contributed by atoms with Crippen LogP contribution in [0.25, 0.3) is 0 Å². The molecule has 0 bridgehead atoms. The summed E-state index contributed by atoms with van der Waals surface area (Å²) in [6.45, 7) is 8.25. The first-order chi connectivity index (χ1) is 7.36. The van der Waals surface area contributed by atoms with Crippen LogP contribution in [0.2, 0.25) is 0 Å². The van der Waals surface area contributed by atoms with Crippen LogP contribution >= 0.6 is 12.4 Å². The number of hydrogen-bond donors (Lipinski definition) is 1. The third kappa shape index (κ3) is 6.66. The zero-order chi connectivity index (χ0) is 10.9. The standard InChI is InChI=1S/C11H24N2O2.ClH/c1-2-13(6-9-14-8-5-12)10-11-4-3-7-15-11;/h11H,2-10,12H2,1H3;1H. The first-order valence-corrected chi connectivity index (χ1v) is 5.98. The quantitative estimate of drug-likeness (QED) is 0.652. The van der Waals surface area contributed by atoms with Gasteiger partial charge in [-0.3, -0.25) is 4.90 Å². The summed E-state index contributed by atoms with van der Waals surface area (Å²) in [6.07, 6.45) is 2.87. The summed E-state index contributed by atoms with van der Waals surface area (Å²) in [5.74, 6) is 0. The van der Waals surface area contributed by atoms with Gasteiger partial charge in [-0.1, -0.05) is 6.92 Å². The summed E-state index contributed by atoms with van der Waals surface area (Å²) in [7, 11) is 0. The topological polar surface area (TPSA) is 47.7 Å². The van der Waals surface area contributed by atoms with Crippen molar-refractivity contribution in [1.82, 2.24) is 4.90 Å². The number of ether oxygens (including phenoxy) is 2. The second-order valence-corrected chi connectivity index (χ2v) is 3.93. The molecular formula is C11H25ClN2O2. The van der Waals surface area contributed by atoms with E-state index in [-0.39, 0.29) is 12.4 Å². The van der Waals surface area contributed by atoms with Crippen molar-refractivity contribution in [3.8, 4) is 0 Å². The minimum Gasteiger partial charge on any atom is -0.379 e. The molecule has 1 rings (SSSR count). The van der Waals surface area contributed by atoms with E-state index in [2.05, 4.69) is 11.8 Å². The van der Waals surface area contributed by atoms with Crippen LogP contribution in [-0.2, 0) is 9.47 Å². The lowest BCUT2D eigenvalue weighted by Crippen LogP contribution is -2.34. The van der Waals surface area contributed by atoms with E-state index in [0.29, 0.717) is 19.3 Å². The Hall–Kier alpha value is 0.130. The largest absolute Gasteiger partial charge is 0.379 e. The maximum Gasteiger partial charge on any atom is 0.0702 e. The van der Waals surface area contributed by atoms with E-state index in [0.717, 1.165) is 32.8 Å². The van der Waals surface area contributed by atoms with Crippen molar-refractivity contribution in [2.24, 2.45) is 5.73 Å². The van der Waals surface area contributed by atoms with Crippen LogP contribution in [0.1, 0.15) is 19.8 Å². The van der Waals surface area contributed by atoms with Gasteiger partial charge in [-0.05, 0) is 19.4 Å². The number of rotatable bonds is 8. The number of likely N-dealkylation sites (N-methyl/N-ethyl adjacent to an activating group) is 1. The van der Waals surface area contributed by atoms with Crippen LogP contribution in [0.3, 0.4) is 0 Å². The van der Waals surface area contributed by atoms with Crippen LogP contribution in [0, 0.1) is 0 Å². The molecule has 0 aliphatic carbocycles. The summed E-state index contributed by atoms with van der Waals surface area (Å²) in [4.78, 5) is 2.38. The molecule has 0 aromatic heterocycles. The maximum atomic E-state index is 5.61. The van der Waals surface area contributed by atoms with Gasteiger partial charge in [0.25, 0.3) is 0 Å². The average molecular weight is 253 g/mol. The highest BCUT2D eigenvalue weighted by molar-refractivity contribution is 5.85. The monoisotopic (exact) mass is 252 g/mol. The lowest BCUT2D eigenvalue weighted by molar-refractivity contribution is 0.0569.